The lowest BCUT2D eigenvalue weighted by Crippen LogP contribution is -2.35. The van der Waals surface area contributed by atoms with Gasteiger partial charge in [0.25, 0.3) is 0 Å². The molecule has 1 saturated carbocycles. The summed E-state index contributed by atoms with van der Waals surface area (Å²) in [6, 6.07) is 7.47. The molecule has 116 valence electrons. The summed E-state index contributed by atoms with van der Waals surface area (Å²) in [6.45, 7) is 0.206. The zero-order valence-corrected chi connectivity index (χ0v) is 12.7. The fraction of sp³-hybridized carbons (Fsp3) is 0.375. The van der Waals surface area contributed by atoms with Crippen molar-refractivity contribution in [1.29, 1.82) is 0 Å². The predicted octanol–water partition coefficient (Wildman–Crippen LogP) is 2.66. The van der Waals surface area contributed by atoms with Crippen molar-refractivity contribution in [3.05, 3.63) is 35.5 Å². The second kappa shape index (κ2) is 6.01. The number of aliphatic carboxylic acids is 1. The van der Waals surface area contributed by atoms with E-state index in [1.54, 1.807) is 0 Å². The lowest BCUT2D eigenvalue weighted by Gasteiger charge is -2.13. The fourth-order valence-corrected chi connectivity index (χ4v) is 3.23. The minimum absolute atomic E-state index is 0.0426. The van der Waals surface area contributed by atoms with Gasteiger partial charge in [0.2, 0.25) is 5.91 Å². The average Bonchev–Trinajstić information content (AvgIpc) is 3.07. The molecule has 1 aliphatic carbocycles. The molecule has 1 aliphatic rings. The van der Waals surface area contributed by atoms with E-state index in [1.165, 1.54) is 0 Å². The summed E-state index contributed by atoms with van der Waals surface area (Å²) < 4.78 is 1.85. The van der Waals surface area contributed by atoms with E-state index in [2.05, 4.69) is 5.32 Å². The van der Waals surface area contributed by atoms with Gasteiger partial charge in [-0.3, -0.25) is 9.59 Å². The van der Waals surface area contributed by atoms with Crippen molar-refractivity contribution in [3.63, 3.8) is 0 Å². The fourth-order valence-electron chi connectivity index (χ4n) is 3.06. The number of nitrogens with zero attached hydrogens (tertiary/aromatic N) is 1. The Kier molecular flexibility index (Phi) is 4.07. The molecule has 1 amide bonds. The second-order valence-electron chi connectivity index (χ2n) is 5.76. The Bertz CT molecular complexity index is 725. The second-order valence-corrected chi connectivity index (χ2v) is 6.20. The molecule has 0 aliphatic heterocycles. The number of aromatic nitrogens is 1. The van der Waals surface area contributed by atoms with Gasteiger partial charge in [-0.25, -0.2) is 0 Å². The molecule has 2 atom stereocenters. The summed E-state index contributed by atoms with van der Waals surface area (Å²) in [5, 5.41) is 13.6. The third-order valence-corrected chi connectivity index (χ3v) is 4.43. The van der Waals surface area contributed by atoms with E-state index in [4.69, 9.17) is 16.7 Å². The Morgan fingerprint density at radius 3 is 2.86 bits per heavy atom. The largest absolute Gasteiger partial charge is 0.481 e. The highest BCUT2D eigenvalue weighted by Crippen LogP contribution is 2.26. The maximum atomic E-state index is 12.2. The summed E-state index contributed by atoms with van der Waals surface area (Å²) >= 11 is 6.00. The monoisotopic (exact) mass is 320 g/mol. The number of halogens is 1. The van der Waals surface area contributed by atoms with E-state index in [-0.39, 0.29) is 24.4 Å². The van der Waals surface area contributed by atoms with E-state index in [0.717, 1.165) is 17.3 Å². The zero-order valence-electron chi connectivity index (χ0n) is 12.0. The minimum Gasteiger partial charge on any atom is -0.481 e. The highest BCUT2D eigenvalue weighted by Gasteiger charge is 2.30. The summed E-state index contributed by atoms with van der Waals surface area (Å²) in [7, 11) is 0. The Balaban J connectivity index is 1.64. The molecule has 1 aromatic carbocycles. The van der Waals surface area contributed by atoms with Gasteiger partial charge < -0.3 is 15.0 Å². The lowest BCUT2D eigenvalue weighted by atomic mass is 10.1. The molecule has 0 unspecified atom stereocenters. The highest BCUT2D eigenvalue weighted by atomic mass is 35.5. The van der Waals surface area contributed by atoms with Crippen molar-refractivity contribution >= 4 is 34.4 Å². The van der Waals surface area contributed by atoms with Crippen LogP contribution in [0.1, 0.15) is 19.3 Å². The van der Waals surface area contributed by atoms with Crippen LogP contribution in [0.15, 0.2) is 30.5 Å². The first-order chi connectivity index (χ1) is 10.5. The number of carboxylic acid groups (broad SMARTS) is 1. The molecule has 2 aromatic rings. The molecule has 0 saturated heterocycles. The molecule has 2 N–H and O–H groups in total. The Morgan fingerprint density at radius 1 is 1.32 bits per heavy atom. The normalized spacial score (nSPS) is 21.1. The van der Waals surface area contributed by atoms with Gasteiger partial charge >= 0.3 is 5.97 Å². The minimum atomic E-state index is -0.775. The summed E-state index contributed by atoms with van der Waals surface area (Å²) in [6.07, 6.45) is 3.72. The van der Waals surface area contributed by atoms with Crippen LogP contribution in [-0.4, -0.2) is 27.6 Å². The van der Waals surface area contributed by atoms with Crippen LogP contribution in [0.5, 0.6) is 0 Å². The number of fused-ring (bicyclic) bond motifs is 1. The van der Waals surface area contributed by atoms with Crippen LogP contribution >= 0.6 is 11.6 Å². The van der Waals surface area contributed by atoms with Crippen LogP contribution in [0, 0.1) is 5.92 Å². The number of carboxylic acids is 1. The van der Waals surface area contributed by atoms with Crippen LogP contribution < -0.4 is 5.32 Å². The third-order valence-electron chi connectivity index (χ3n) is 4.20. The van der Waals surface area contributed by atoms with E-state index < -0.39 is 5.97 Å². The number of benzene rings is 1. The SMILES string of the molecule is O=C(Cn1ccc2ccc(Cl)cc21)N[C@@H]1CC[C@H](C(=O)O)C1. The number of nitrogens with one attached hydrogen (secondary N) is 1. The molecule has 6 heteroatoms. The topological polar surface area (TPSA) is 71.3 Å². The first-order valence-corrected chi connectivity index (χ1v) is 7.67. The summed E-state index contributed by atoms with van der Waals surface area (Å²) in [4.78, 5) is 23.1. The van der Waals surface area contributed by atoms with Gasteiger partial charge in [-0.2, -0.15) is 0 Å². The van der Waals surface area contributed by atoms with Crippen LogP contribution in [-0.2, 0) is 16.1 Å². The quantitative estimate of drug-likeness (QED) is 0.909. The van der Waals surface area contributed by atoms with E-state index in [9.17, 15) is 9.59 Å². The first kappa shape index (κ1) is 14.9. The van der Waals surface area contributed by atoms with Gasteiger partial charge in [-0.05, 0) is 42.8 Å². The van der Waals surface area contributed by atoms with Crippen molar-refractivity contribution in [1.82, 2.24) is 9.88 Å². The van der Waals surface area contributed by atoms with Crippen LogP contribution in [0.25, 0.3) is 10.9 Å². The molecule has 1 fully saturated rings. The predicted molar refractivity (Wildman–Crippen MR) is 83.9 cm³/mol. The third kappa shape index (κ3) is 3.09. The smallest absolute Gasteiger partial charge is 0.306 e. The molecule has 3 rings (SSSR count). The maximum absolute atomic E-state index is 12.2. The van der Waals surface area contributed by atoms with Crippen LogP contribution in [0.4, 0.5) is 0 Å². The number of hydrogen-bond donors (Lipinski definition) is 2. The number of rotatable bonds is 4. The van der Waals surface area contributed by atoms with Gasteiger partial charge in [-0.15, -0.1) is 0 Å². The Hall–Kier alpha value is -2.01. The van der Waals surface area contributed by atoms with Crippen LogP contribution in [0.2, 0.25) is 5.02 Å². The summed E-state index contributed by atoms with van der Waals surface area (Å²) in [5.74, 6) is -1.21. The number of carbonyl (C=O) groups excluding carboxylic acids is 1. The average molecular weight is 321 g/mol. The van der Waals surface area contributed by atoms with Crippen molar-refractivity contribution < 1.29 is 14.7 Å². The van der Waals surface area contributed by atoms with Crippen molar-refractivity contribution in [2.75, 3.05) is 0 Å². The van der Waals surface area contributed by atoms with Gasteiger partial charge in [0, 0.05) is 22.8 Å². The lowest BCUT2D eigenvalue weighted by molar-refractivity contribution is -0.141. The molecule has 0 bridgehead atoms. The Morgan fingerprint density at radius 2 is 2.14 bits per heavy atom. The van der Waals surface area contributed by atoms with Crippen molar-refractivity contribution in [2.45, 2.75) is 31.8 Å². The molecular weight excluding hydrogens is 304 g/mol. The molecule has 0 radical (unpaired) electrons. The molecule has 5 nitrogen and oxygen atoms in total. The van der Waals surface area contributed by atoms with E-state index in [1.807, 2.05) is 35.0 Å². The van der Waals surface area contributed by atoms with Crippen LogP contribution in [0.3, 0.4) is 0 Å². The molecule has 22 heavy (non-hydrogen) atoms. The number of amides is 1. The van der Waals surface area contributed by atoms with E-state index in [0.29, 0.717) is 17.9 Å². The van der Waals surface area contributed by atoms with Gasteiger partial charge in [-0.1, -0.05) is 17.7 Å². The molecular formula is C16H17ClN2O3. The standard InChI is InChI=1S/C16H17ClN2O3/c17-12-3-1-10-5-6-19(14(10)8-12)9-15(20)18-13-4-2-11(7-13)16(21)22/h1,3,5-6,8,11,13H,2,4,7,9H2,(H,18,20)(H,21,22)/t11-,13+/m0/s1. The van der Waals surface area contributed by atoms with Crippen molar-refractivity contribution in [3.8, 4) is 0 Å². The molecule has 1 aromatic heterocycles. The van der Waals surface area contributed by atoms with Gasteiger partial charge in [0.05, 0.1) is 5.92 Å². The zero-order chi connectivity index (χ0) is 15.7. The number of carbonyl (C=O) groups is 2. The van der Waals surface area contributed by atoms with Crippen molar-refractivity contribution in [2.24, 2.45) is 5.92 Å². The molecule has 1 heterocycles. The van der Waals surface area contributed by atoms with E-state index >= 15 is 0 Å². The highest BCUT2D eigenvalue weighted by molar-refractivity contribution is 6.31. The number of hydrogen-bond acceptors (Lipinski definition) is 2. The van der Waals surface area contributed by atoms with Gasteiger partial charge in [0.1, 0.15) is 6.54 Å². The Labute approximate surface area is 132 Å². The summed E-state index contributed by atoms with van der Waals surface area (Å²) in [5.41, 5.74) is 0.914. The first-order valence-electron chi connectivity index (χ1n) is 7.29. The van der Waals surface area contributed by atoms with Gasteiger partial charge in [0.15, 0.2) is 0 Å². The molecule has 0 spiro atoms. The maximum Gasteiger partial charge on any atom is 0.306 e.